The van der Waals surface area contributed by atoms with Gasteiger partial charge in [-0.1, -0.05) is 65.0 Å². The minimum absolute atomic E-state index is 0.0155. The zero-order chi connectivity index (χ0) is 24.5. The molecule has 0 bridgehead atoms. The van der Waals surface area contributed by atoms with E-state index in [9.17, 15) is 19.8 Å². The Hall–Kier alpha value is -3.60. The maximum absolute atomic E-state index is 13.2. The Bertz CT molecular complexity index is 1430. The van der Waals surface area contributed by atoms with Gasteiger partial charge in [-0.15, -0.1) is 10.2 Å². The first-order valence-corrected chi connectivity index (χ1v) is 12.5. The molecule has 2 aromatic carbocycles. The van der Waals surface area contributed by atoms with E-state index in [1.165, 1.54) is 41.1 Å². The van der Waals surface area contributed by atoms with Crippen LogP contribution in [0.4, 0.5) is 5.13 Å². The lowest BCUT2D eigenvalue weighted by Gasteiger charge is -2.23. The van der Waals surface area contributed by atoms with Crippen molar-refractivity contribution in [3.63, 3.8) is 0 Å². The number of carbonyl (C=O) groups excluding carboxylic acids is 2. The van der Waals surface area contributed by atoms with E-state index in [1.54, 1.807) is 24.3 Å². The molecular formula is C24H16ClN3O5S2. The van der Waals surface area contributed by atoms with Gasteiger partial charge in [-0.05, 0) is 41.5 Å². The summed E-state index contributed by atoms with van der Waals surface area (Å²) in [5, 5.41) is 29.7. The first-order valence-electron chi connectivity index (χ1n) is 10.3. The average Bonchev–Trinajstić information content (AvgIpc) is 3.60. The minimum Gasteiger partial charge on any atom is -0.508 e. The molecule has 4 aromatic rings. The highest BCUT2D eigenvalue weighted by Crippen LogP contribution is 2.44. The zero-order valence-electron chi connectivity index (χ0n) is 17.8. The molecule has 1 atom stereocenters. The van der Waals surface area contributed by atoms with Gasteiger partial charge in [-0.2, -0.15) is 0 Å². The third kappa shape index (κ3) is 4.43. The van der Waals surface area contributed by atoms with Gasteiger partial charge in [0.25, 0.3) is 5.91 Å². The van der Waals surface area contributed by atoms with Crippen LogP contribution in [0, 0.1) is 0 Å². The van der Waals surface area contributed by atoms with E-state index in [0.717, 1.165) is 16.9 Å². The van der Waals surface area contributed by atoms with E-state index in [-0.39, 0.29) is 22.2 Å². The Labute approximate surface area is 212 Å². The van der Waals surface area contributed by atoms with Crippen molar-refractivity contribution in [1.82, 2.24) is 10.2 Å². The molecule has 0 saturated carbocycles. The summed E-state index contributed by atoms with van der Waals surface area (Å²) < 4.78 is 5.80. The number of thioether (sulfide) groups is 1. The number of aliphatic hydroxyl groups excluding tert-OH is 1. The summed E-state index contributed by atoms with van der Waals surface area (Å²) >= 11 is 8.79. The Kier molecular flexibility index (Phi) is 6.33. The van der Waals surface area contributed by atoms with Crippen LogP contribution < -0.4 is 4.90 Å². The van der Waals surface area contributed by atoms with Crippen LogP contribution in [0.25, 0.3) is 0 Å². The Morgan fingerprint density at radius 3 is 2.57 bits per heavy atom. The monoisotopic (exact) mass is 525 g/mol. The number of ketones is 1. The predicted octanol–water partition coefficient (Wildman–Crippen LogP) is 5.57. The Morgan fingerprint density at radius 2 is 1.86 bits per heavy atom. The highest BCUT2D eigenvalue weighted by molar-refractivity contribution is 8.00. The molecular weight excluding hydrogens is 510 g/mol. The van der Waals surface area contributed by atoms with Crippen molar-refractivity contribution in [3.8, 4) is 5.75 Å². The number of amides is 1. The number of nitrogens with zero attached hydrogens (tertiary/aromatic N) is 3. The standard InChI is InChI=1S/C24H16ClN3O5S2/c25-16-5-2-1-4-14(16)12-34-24-27-26-23(35-24)28-19(13-7-9-15(29)10-8-13)18(21(31)22(28)32)20(30)17-6-3-11-33-17/h1-11,19,29,31H,12H2. The lowest BCUT2D eigenvalue weighted by molar-refractivity contribution is -0.117. The van der Waals surface area contributed by atoms with Crippen LogP contribution in [-0.2, 0) is 10.5 Å². The molecule has 11 heteroatoms. The number of aromatic hydroxyl groups is 1. The lowest BCUT2D eigenvalue weighted by Crippen LogP contribution is -2.31. The molecule has 2 aromatic heterocycles. The SMILES string of the molecule is O=C(C1=C(O)C(=O)N(c2nnc(SCc3ccccc3Cl)s2)C1c1ccc(O)cc1)c1ccco1. The molecule has 1 unspecified atom stereocenters. The van der Waals surface area contributed by atoms with Crippen LogP contribution in [-0.4, -0.2) is 32.1 Å². The smallest absolute Gasteiger partial charge is 0.296 e. The van der Waals surface area contributed by atoms with E-state index in [2.05, 4.69) is 10.2 Å². The van der Waals surface area contributed by atoms with Gasteiger partial charge < -0.3 is 14.6 Å². The number of phenolic OH excluding ortho intramolecular Hbond substituents is 1. The second-order valence-corrected chi connectivity index (χ2v) is 10.1. The van der Waals surface area contributed by atoms with Crippen molar-refractivity contribution in [1.29, 1.82) is 0 Å². The molecule has 0 fully saturated rings. The fourth-order valence-electron chi connectivity index (χ4n) is 3.66. The van der Waals surface area contributed by atoms with Gasteiger partial charge >= 0.3 is 0 Å². The number of rotatable bonds is 7. The predicted molar refractivity (Wildman–Crippen MR) is 132 cm³/mol. The summed E-state index contributed by atoms with van der Waals surface area (Å²) in [6.07, 6.45) is 1.34. The first kappa shape index (κ1) is 23.2. The van der Waals surface area contributed by atoms with Crippen LogP contribution in [0.1, 0.15) is 27.7 Å². The van der Waals surface area contributed by atoms with E-state index in [4.69, 9.17) is 16.0 Å². The summed E-state index contributed by atoms with van der Waals surface area (Å²) in [4.78, 5) is 27.6. The van der Waals surface area contributed by atoms with Crippen LogP contribution in [0.2, 0.25) is 5.02 Å². The largest absolute Gasteiger partial charge is 0.508 e. The van der Waals surface area contributed by atoms with Crippen LogP contribution in [0.3, 0.4) is 0 Å². The van der Waals surface area contributed by atoms with Crippen molar-refractivity contribution in [2.45, 2.75) is 16.1 Å². The van der Waals surface area contributed by atoms with Gasteiger partial charge in [0.2, 0.25) is 10.9 Å². The number of Topliss-reactive ketones (excluding diaryl/α,β-unsaturated/α-hetero) is 1. The highest BCUT2D eigenvalue weighted by atomic mass is 35.5. The normalized spacial score (nSPS) is 15.7. The number of phenols is 1. The third-order valence-electron chi connectivity index (χ3n) is 5.32. The number of halogens is 1. The van der Waals surface area contributed by atoms with E-state index in [1.807, 2.05) is 18.2 Å². The fourth-order valence-corrected chi connectivity index (χ4v) is 5.81. The number of aromatic nitrogens is 2. The number of hydrogen-bond donors (Lipinski definition) is 2. The number of furan rings is 1. The van der Waals surface area contributed by atoms with Gasteiger partial charge in [0, 0.05) is 10.8 Å². The van der Waals surface area contributed by atoms with Crippen LogP contribution in [0.15, 0.2) is 87.0 Å². The van der Waals surface area contributed by atoms with Gasteiger partial charge in [-0.3, -0.25) is 14.5 Å². The molecule has 1 aliphatic rings. The quantitative estimate of drug-likeness (QED) is 0.183. The first-order chi connectivity index (χ1) is 16.9. The molecule has 8 nitrogen and oxygen atoms in total. The second-order valence-electron chi connectivity index (χ2n) is 7.47. The van der Waals surface area contributed by atoms with Crippen LogP contribution in [0.5, 0.6) is 5.75 Å². The molecule has 0 spiro atoms. The van der Waals surface area contributed by atoms with Crippen LogP contribution >= 0.6 is 34.7 Å². The summed E-state index contributed by atoms with van der Waals surface area (Å²) in [5.41, 5.74) is 1.28. The van der Waals surface area contributed by atoms with Crippen molar-refractivity contribution in [2.24, 2.45) is 0 Å². The minimum atomic E-state index is -0.991. The number of aliphatic hydroxyl groups is 1. The fraction of sp³-hybridized carbons (Fsp3) is 0.0833. The van der Waals surface area contributed by atoms with E-state index in [0.29, 0.717) is 20.7 Å². The van der Waals surface area contributed by atoms with Gasteiger partial charge in [0.05, 0.1) is 17.9 Å². The molecule has 0 aliphatic carbocycles. The Morgan fingerprint density at radius 1 is 1.09 bits per heavy atom. The summed E-state index contributed by atoms with van der Waals surface area (Å²) in [6, 6.07) is 15.5. The van der Waals surface area contributed by atoms with Crippen molar-refractivity contribution in [2.75, 3.05) is 4.90 Å². The van der Waals surface area contributed by atoms with Crippen molar-refractivity contribution in [3.05, 3.63) is 100 Å². The highest BCUT2D eigenvalue weighted by Gasteiger charge is 2.46. The Balaban J connectivity index is 1.49. The summed E-state index contributed by atoms with van der Waals surface area (Å²) in [6.45, 7) is 0. The summed E-state index contributed by atoms with van der Waals surface area (Å²) in [7, 11) is 0. The number of carbonyl (C=O) groups is 2. The van der Waals surface area contributed by atoms with Gasteiger partial charge in [-0.25, -0.2) is 0 Å². The maximum atomic E-state index is 13.2. The zero-order valence-corrected chi connectivity index (χ0v) is 20.2. The second kappa shape index (κ2) is 9.57. The number of anilines is 1. The summed E-state index contributed by atoms with van der Waals surface area (Å²) in [5.74, 6) is -1.54. The van der Waals surface area contributed by atoms with Gasteiger partial charge in [0.15, 0.2) is 15.9 Å². The van der Waals surface area contributed by atoms with Crippen molar-refractivity contribution < 1.29 is 24.2 Å². The third-order valence-corrected chi connectivity index (χ3v) is 7.79. The molecule has 35 heavy (non-hydrogen) atoms. The molecule has 1 amide bonds. The van der Waals surface area contributed by atoms with Gasteiger partial charge in [0.1, 0.15) is 5.75 Å². The molecule has 3 heterocycles. The van der Waals surface area contributed by atoms with E-state index >= 15 is 0 Å². The lowest BCUT2D eigenvalue weighted by atomic mass is 9.95. The van der Waals surface area contributed by atoms with Crippen molar-refractivity contribution >= 4 is 51.5 Å². The molecule has 0 saturated heterocycles. The molecule has 2 N–H and O–H groups in total. The topological polar surface area (TPSA) is 117 Å². The maximum Gasteiger partial charge on any atom is 0.296 e. The molecule has 0 radical (unpaired) electrons. The average molecular weight is 526 g/mol. The molecule has 5 rings (SSSR count). The number of hydrogen-bond acceptors (Lipinski definition) is 9. The molecule has 176 valence electrons. The van der Waals surface area contributed by atoms with E-state index < -0.39 is 23.5 Å². The number of benzene rings is 2. The molecule has 1 aliphatic heterocycles.